The molecule has 4 rings (SSSR count). The number of primary sulfonamides is 1. The molecule has 5 N–H and O–H groups in total. The first-order chi connectivity index (χ1) is 17.2. The van der Waals surface area contributed by atoms with Gasteiger partial charge in [0.15, 0.2) is 0 Å². The van der Waals surface area contributed by atoms with E-state index in [2.05, 4.69) is 0 Å². The number of nitrogens with two attached hydrogens (primary N) is 1. The van der Waals surface area contributed by atoms with Gasteiger partial charge in [0, 0.05) is 27.8 Å². The Hall–Kier alpha value is -2.07. The standard InChI is InChI=1S/C24H13Cl6NO5S/c25-15-3-10(32)4-16(26)21(15)9-1-13(22-17(27)5-11(33)6-18(22)28)24(37(31,35)36)14(2-9)23-19(29)7-12(34)8-20(23)30/h1-8,32-34H,(H2,31,35,36). The first-order valence-corrected chi connectivity index (χ1v) is 13.8. The Bertz CT molecular complexity index is 1560. The molecule has 0 aliphatic heterocycles. The summed E-state index contributed by atoms with van der Waals surface area (Å²) in [6.45, 7) is 0. The molecular formula is C24H13Cl6NO5S. The zero-order valence-electron chi connectivity index (χ0n) is 18.0. The lowest BCUT2D eigenvalue weighted by molar-refractivity contribution is 0.475. The Morgan fingerprint density at radius 1 is 0.514 bits per heavy atom. The minimum absolute atomic E-state index is 0.0188. The molecule has 0 aromatic heterocycles. The van der Waals surface area contributed by atoms with Crippen LogP contribution in [0.5, 0.6) is 17.2 Å². The maximum Gasteiger partial charge on any atom is 0.239 e. The highest BCUT2D eigenvalue weighted by atomic mass is 35.5. The number of phenolic OH excluding ortho intramolecular Hbond substituents is 3. The van der Waals surface area contributed by atoms with Gasteiger partial charge in [-0.25, -0.2) is 13.6 Å². The normalized spacial score (nSPS) is 11.6. The number of benzene rings is 4. The zero-order valence-corrected chi connectivity index (χ0v) is 23.4. The van der Waals surface area contributed by atoms with Crippen LogP contribution in [0.3, 0.4) is 0 Å². The number of halogens is 6. The molecule has 0 aliphatic carbocycles. The molecule has 0 fully saturated rings. The van der Waals surface area contributed by atoms with E-state index in [4.69, 9.17) is 74.7 Å². The fraction of sp³-hybridized carbons (Fsp3) is 0. The van der Waals surface area contributed by atoms with Gasteiger partial charge in [-0.15, -0.1) is 0 Å². The fourth-order valence-electron chi connectivity index (χ4n) is 3.92. The predicted molar refractivity (Wildman–Crippen MR) is 149 cm³/mol. The van der Waals surface area contributed by atoms with Gasteiger partial charge >= 0.3 is 0 Å². The molecular weight excluding hydrogens is 627 g/mol. The average molecular weight is 640 g/mol. The molecule has 0 unspecified atom stereocenters. The van der Waals surface area contributed by atoms with Crippen LogP contribution in [0.4, 0.5) is 0 Å². The molecule has 13 heteroatoms. The van der Waals surface area contributed by atoms with Crippen LogP contribution < -0.4 is 5.14 Å². The summed E-state index contributed by atoms with van der Waals surface area (Å²) in [4.78, 5) is -0.453. The molecule has 0 heterocycles. The average Bonchev–Trinajstić information content (AvgIpc) is 2.70. The number of hydrogen-bond acceptors (Lipinski definition) is 5. The lowest BCUT2D eigenvalue weighted by atomic mass is 9.92. The Kier molecular flexibility index (Phi) is 7.74. The van der Waals surface area contributed by atoms with E-state index in [1.54, 1.807) is 0 Å². The number of aromatic hydroxyl groups is 3. The molecule has 0 saturated heterocycles. The van der Waals surface area contributed by atoms with Crippen LogP contribution >= 0.6 is 69.6 Å². The molecule has 6 nitrogen and oxygen atoms in total. The maximum atomic E-state index is 13.0. The molecule has 0 amide bonds. The molecule has 0 saturated carbocycles. The van der Waals surface area contributed by atoms with Crippen LogP contribution in [0, 0.1) is 0 Å². The van der Waals surface area contributed by atoms with Gasteiger partial charge in [0.1, 0.15) is 17.2 Å². The fourth-order valence-corrected chi connectivity index (χ4v) is 6.91. The molecule has 192 valence electrons. The third kappa shape index (κ3) is 5.41. The van der Waals surface area contributed by atoms with Crippen LogP contribution in [0.2, 0.25) is 30.1 Å². The largest absolute Gasteiger partial charge is 0.508 e. The van der Waals surface area contributed by atoms with Gasteiger partial charge in [-0.1, -0.05) is 69.6 Å². The minimum Gasteiger partial charge on any atom is -0.508 e. The van der Waals surface area contributed by atoms with E-state index < -0.39 is 14.9 Å². The summed E-state index contributed by atoms with van der Waals surface area (Å²) in [5.74, 6) is -0.724. The SMILES string of the molecule is NS(=O)(=O)c1c(-c2c(Cl)cc(O)cc2Cl)cc(-c2c(Cl)cc(O)cc2Cl)cc1-c1c(Cl)cc(O)cc1Cl. The Balaban J connectivity index is 2.28. The summed E-state index contributed by atoms with van der Waals surface area (Å²) < 4.78 is 26.1. The smallest absolute Gasteiger partial charge is 0.239 e. The van der Waals surface area contributed by atoms with E-state index in [9.17, 15) is 23.7 Å². The molecule has 4 aromatic carbocycles. The van der Waals surface area contributed by atoms with E-state index in [1.165, 1.54) is 48.5 Å². The lowest BCUT2D eigenvalue weighted by Crippen LogP contribution is -2.15. The Morgan fingerprint density at radius 3 is 1.05 bits per heavy atom. The number of rotatable bonds is 4. The van der Waals surface area contributed by atoms with Crippen molar-refractivity contribution >= 4 is 79.6 Å². The van der Waals surface area contributed by atoms with Crippen molar-refractivity contribution in [2.24, 2.45) is 5.14 Å². The number of sulfonamides is 1. The van der Waals surface area contributed by atoms with Crippen molar-refractivity contribution in [3.8, 4) is 50.6 Å². The topological polar surface area (TPSA) is 121 Å². The van der Waals surface area contributed by atoms with Gasteiger partial charge in [0.05, 0.1) is 35.0 Å². The second-order valence-corrected chi connectivity index (χ2v) is 11.7. The van der Waals surface area contributed by atoms with Gasteiger partial charge in [-0.3, -0.25) is 0 Å². The van der Waals surface area contributed by atoms with Crippen molar-refractivity contribution in [1.29, 1.82) is 0 Å². The highest BCUT2D eigenvalue weighted by Gasteiger charge is 2.29. The highest BCUT2D eigenvalue weighted by molar-refractivity contribution is 7.89. The first-order valence-electron chi connectivity index (χ1n) is 9.95. The summed E-state index contributed by atoms with van der Waals surface area (Å²) in [6, 6.07) is 9.95. The van der Waals surface area contributed by atoms with Crippen LogP contribution in [0.1, 0.15) is 0 Å². The molecule has 37 heavy (non-hydrogen) atoms. The summed E-state index contributed by atoms with van der Waals surface area (Å²) in [5, 5.41) is 35.1. The van der Waals surface area contributed by atoms with Crippen molar-refractivity contribution in [1.82, 2.24) is 0 Å². The van der Waals surface area contributed by atoms with Crippen molar-refractivity contribution in [3.05, 3.63) is 78.7 Å². The summed E-state index contributed by atoms with van der Waals surface area (Å²) in [5.41, 5.74) is 0.362. The molecule has 0 bridgehead atoms. The van der Waals surface area contributed by atoms with E-state index >= 15 is 0 Å². The Morgan fingerprint density at radius 2 is 0.784 bits per heavy atom. The second kappa shape index (κ2) is 10.2. The highest BCUT2D eigenvalue weighted by Crippen LogP contribution is 2.50. The van der Waals surface area contributed by atoms with Gasteiger partial charge in [0.25, 0.3) is 0 Å². The molecule has 0 radical (unpaired) electrons. The van der Waals surface area contributed by atoms with Gasteiger partial charge in [0.2, 0.25) is 10.0 Å². The quantitative estimate of drug-likeness (QED) is 0.179. The minimum atomic E-state index is -4.54. The summed E-state index contributed by atoms with van der Waals surface area (Å²) in [7, 11) is -4.54. The first kappa shape index (κ1) is 28.0. The second-order valence-electron chi connectivity index (χ2n) is 7.80. The van der Waals surface area contributed by atoms with Crippen LogP contribution in [-0.4, -0.2) is 23.7 Å². The van der Waals surface area contributed by atoms with Crippen LogP contribution in [-0.2, 0) is 10.0 Å². The maximum absolute atomic E-state index is 13.0. The molecule has 4 aromatic rings. The van der Waals surface area contributed by atoms with E-state index in [1.807, 2.05) is 0 Å². The monoisotopic (exact) mass is 637 g/mol. The number of phenols is 3. The third-order valence-electron chi connectivity index (χ3n) is 5.28. The van der Waals surface area contributed by atoms with E-state index in [0.29, 0.717) is 0 Å². The molecule has 0 atom stereocenters. The third-order valence-corrected chi connectivity index (χ3v) is 8.08. The van der Waals surface area contributed by atoms with Gasteiger partial charge in [-0.2, -0.15) is 0 Å². The summed E-state index contributed by atoms with van der Waals surface area (Å²) in [6.07, 6.45) is 0. The van der Waals surface area contributed by atoms with Gasteiger partial charge in [-0.05, 0) is 54.1 Å². The van der Waals surface area contributed by atoms with Crippen molar-refractivity contribution in [2.45, 2.75) is 4.90 Å². The van der Waals surface area contributed by atoms with Crippen molar-refractivity contribution in [2.75, 3.05) is 0 Å². The lowest BCUT2D eigenvalue weighted by Gasteiger charge is -2.20. The molecule has 0 spiro atoms. The zero-order chi connectivity index (χ0) is 27.4. The molecule has 0 aliphatic rings. The predicted octanol–water partition coefficient (Wildman–Crippen LogP) is 8.37. The number of hydrogen-bond donors (Lipinski definition) is 4. The van der Waals surface area contributed by atoms with Gasteiger partial charge < -0.3 is 15.3 Å². The van der Waals surface area contributed by atoms with Crippen molar-refractivity contribution < 1.29 is 23.7 Å². The van der Waals surface area contributed by atoms with Crippen LogP contribution in [0.15, 0.2) is 53.4 Å². The summed E-state index contributed by atoms with van der Waals surface area (Å²) >= 11 is 38.4. The van der Waals surface area contributed by atoms with E-state index in [0.717, 1.165) is 0 Å². The van der Waals surface area contributed by atoms with Crippen molar-refractivity contribution in [3.63, 3.8) is 0 Å². The Labute approximate surface area is 241 Å². The van der Waals surface area contributed by atoms with Crippen LogP contribution in [0.25, 0.3) is 33.4 Å². The van der Waals surface area contributed by atoms with E-state index in [-0.39, 0.29) is 80.8 Å².